The van der Waals surface area contributed by atoms with Gasteiger partial charge in [-0.1, -0.05) is 12.1 Å². The van der Waals surface area contributed by atoms with Gasteiger partial charge in [-0.3, -0.25) is 4.90 Å². The number of carboxylic acids is 1. The number of rotatable bonds is 7. The molecular weight excluding hydrogens is 335 g/mol. The summed E-state index contributed by atoms with van der Waals surface area (Å²) in [4.78, 5) is 12.8. The highest BCUT2D eigenvalue weighted by molar-refractivity contribution is 5.87. The summed E-state index contributed by atoms with van der Waals surface area (Å²) in [5.74, 6) is -0.586. The van der Waals surface area contributed by atoms with Gasteiger partial charge in [-0.15, -0.1) is 0 Å². The van der Waals surface area contributed by atoms with Crippen LogP contribution in [0.3, 0.4) is 0 Å². The highest BCUT2D eigenvalue weighted by Gasteiger charge is 2.29. The van der Waals surface area contributed by atoms with Gasteiger partial charge in [0.1, 0.15) is 12.4 Å². The zero-order valence-corrected chi connectivity index (χ0v) is 13.6. The molecule has 0 atom stereocenters. The zero-order valence-electron chi connectivity index (χ0n) is 13.6. The Morgan fingerprint density at radius 3 is 2.20 bits per heavy atom. The van der Waals surface area contributed by atoms with Gasteiger partial charge in [-0.25, -0.2) is 4.79 Å². The van der Waals surface area contributed by atoms with E-state index in [1.54, 1.807) is 24.3 Å². The van der Waals surface area contributed by atoms with Crippen LogP contribution in [0.5, 0.6) is 5.75 Å². The normalized spacial score (nSPS) is 11.6. The summed E-state index contributed by atoms with van der Waals surface area (Å²) in [6, 6.07) is 11.2. The lowest BCUT2D eigenvalue weighted by Gasteiger charge is -2.17. The summed E-state index contributed by atoms with van der Waals surface area (Å²) in [6.07, 6.45) is -4.35. The van der Waals surface area contributed by atoms with Crippen molar-refractivity contribution in [3.8, 4) is 5.75 Å². The number of halogens is 3. The Bertz CT molecular complexity index is 697. The van der Waals surface area contributed by atoms with E-state index in [4.69, 9.17) is 9.84 Å². The van der Waals surface area contributed by atoms with Gasteiger partial charge in [0.25, 0.3) is 0 Å². The Morgan fingerprint density at radius 2 is 1.68 bits per heavy atom. The summed E-state index contributed by atoms with van der Waals surface area (Å²) in [7, 11) is 1.88. The van der Waals surface area contributed by atoms with Gasteiger partial charge in [-0.05, 0) is 49.0 Å². The second kappa shape index (κ2) is 8.02. The van der Waals surface area contributed by atoms with E-state index in [0.717, 1.165) is 17.7 Å². The molecule has 0 aliphatic heterocycles. The smallest absolute Gasteiger partial charge is 0.416 e. The van der Waals surface area contributed by atoms with Crippen molar-refractivity contribution in [2.45, 2.75) is 12.7 Å². The number of aromatic carboxylic acids is 1. The summed E-state index contributed by atoms with van der Waals surface area (Å²) < 4.78 is 42.9. The quantitative estimate of drug-likeness (QED) is 0.820. The Balaban J connectivity index is 1.78. The first kappa shape index (κ1) is 18.8. The minimum atomic E-state index is -4.35. The third kappa shape index (κ3) is 5.79. The van der Waals surface area contributed by atoms with Crippen LogP contribution >= 0.6 is 0 Å². The van der Waals surface area contributed by atoms with Crippen LogP contribution in [-0.4, -0.2) is 36.2 Å². The Labute approximate surface area is 143 Å². The van der Waals surface area contributed by atoms with Crippen molar-refractivity contribution in [2.75, 3.05) is 20.2 Å². The monoisotopic (exact) mass is 353 g/mol. The first-order valence-corrected chi connectivity index (χ1v) is 7.56. The van der Waals surface area contributed by atoms with E-state index < -0.39 is 17.7 Å². The molecule has 2 aromatic rings. The lowest BCUT2D eigenvalue weighted by atomic mass is 10.1. The SMILES string of the molecule is CN(CCOc1ccc(C(F)(F)F)cc1)Cc1ccc(C(=O)O)cc1. The van der Waals surface area contributed by atoms with Crippen LogP contribution in [0.2, 0.25) is 0 Å². The topological polar surface area (TPSA) is 49.8 Å². The van der Waals surface area contributed by atoms with Crippen LogP contribution in [0.25, 0.3) is 0 Å². The maximum absolute atomic E-state index is 12.5. The van der Waals surface area contributed by atoms with Crippen LogP contribution in [0.15, 0.2) is 48.5 Å². The van der Waals surface area contributed by atoms with Crippen LogP contribution in [0.1, 0.15) is 21.5 Å². The molecule has 0 aliphatic rings. The van der Waals surface area contributed by atoms with E-state index in [2.05, 4.69) is 0 Å². The van der Waals surface area contributed by atoms with Gasteiger partial charge >= 0.3 is 12.1 Å². The van der Waals surface area contributed by atoms with E-state index in [9.17, 15) is 18.0 Å². The highest BCUT2D eigenvalue weighted by Crippen LogP contribution is 2.30. The summed E-state index contributed by atoms with van der Waals surface area (Å²) >= 11 is 0. The molecule has 0 heterocycles. The van der Waals surface area contributed by atoms with Crippen LogP contribution < -0.4 is 4.74 Å². The van der Waals surface area contributed by atoms with Gasteiger partial charge in [0.2, 0.25) is 0 Å². The number of likely N-dealkylation sites (N-methyl/N-ethyl adjacent to an activating group) is 1. The van der Waals surface area contributed by atoms with Crippen LogP contribution in [0, 0.1) is 0 Å². The van der Waals surface area contributed by atoms with Crippen molar-refractivity contribution in [3.63, 3.8) is 0 Å². The molecule has 0 bridgehead atoms. The average Bonchev–Trinajstić information content (AvgIpc) is 2.55. The molecular formula is C18H18F3NO3. The number of carboxylic acid groups (broad SMARTS) is 1. The number of nitrogens with zero attached hydrogens (tertiary/aromatic N) is 1. The van der Waals surface area contributed by atoms with Gasteiger partial charge in [0.05, 0.1) is 11.1 Å². The second-order valence-corrected chi connectivity index (χ2v) is 5.61. The van der Waals surface area contributed by atoms with Crippen molar-refractivity contribution < 1.29 is 27.8 Å². The van der Waals surface area contributed by atoms with E-state index in [1.807, 2.05) is 11.9 Å². The molecule has 2 aromatic carbocycles. The third-order valence-corrected chi connectivity index (χ3v) is 3.58. The van der Waals surface area contributed by atoms with E-state index in [0.29, 0.717) is 25.4 Å². The van der Waals surface area contributed by atoms with E-state index >= 15 is 0 Å². The second-order valence-electron chi connectivity index (χ2n) is 5.61. The molecule has 0 saturated carbocycles. The van der Waals surface area contributed by atoms with Gasteiger partial charge in [-0.2, -0.15) is 13.2 Å². The van der Waals surface area contributed by atoms with Crippen LogP contribution in [0.4, 0.5) is 13.2 Å². The molecule has 0 spiro atoms. The van der Waals surface area contributed by atoms with E-state index in [-0.39, 0.29) is 5.56 Å². The predicted molar refractivity (Wildman–Crippen MR) is 86.7 cm³/mol. The molecule has 0 unspecified atom stereocenters. The molecule has 0 aromatic heterocycles. The first-order chi connectivity index (χ1) is 11.8. The Kier molecular flexibility index (Phi) is 6.03. The minimum Gasteiger partial charge on any atom is -0.492 e. The van der Waals surface area contributed by atoms with Crippen LogP contribution in [-0.2, 0) is 12.7 Å². The lowest BCUT2D eigenvalue weighted by Crippen LogP contribution is -2.23. The average molecular weight is 353 g/mol. The summed E-state index contributed by atoms with van der Waals surface area (Å²) in [5.41, 5.74) is 0.487. The number of ether oxygens (including phenoxy) is 1. The molecule has 25 heavy (non-hydrogen) atoms. The van der Waals surface area contributed by atoms with Crippen molar-refractivity contribution >= 4 is 5.97 Å². The number of alkyl halides is 3. The Morgan fingerprint density at radius 1 is 1.08 bits per heavy atom. The first-order valence-electron chi connectivity index (χ1n) is 7.56. The number of hydrogen-bond acceptors (Lipinski definition) is 3. The molecule has 134 valence electrons. The molecule has 0 radical (unpaired) electrons. The molecule has 7 heteroatoms. The molecule has 0 amide bonds. The van der Waals surface area contributed by atoms with Gasteiger partial charge < -0.3 is 9.84 Å². The highest BCUT2D eigenvalue weighted by atomic mass is 19.4. The van der Waals surface area contributed by atoms with Crippen molar-refractivity contribution in [3.05, 3.63) is 65.2 Å². The maximum Gasteiger partial charge on any atom is 0.416 e. The predicted octanol–water partition coefficient (Wildman–Crippen LogP) is 3.91. The molecule has 4 nitrogen and oxygen atoms in total. The fourth-order valence-corrected chi connectivity index (χ4v) is 2.20. The van der Waals surface area contributed by atoms with Crippen molar-refractivity contribution in [1.82, 2.24) is 4.90 Å². The molecule has 2 rings (SSSR count). The Hall–Kier alpha value is -2.54. The van der Waals surface area contributed by atoms with Gasteiger partial charge in [0, 0.05) is 13.1 Å². The molecule has 0 aliphatic carbocycles. The minimum absolute atomic E-state index is 0.233. The molecule has 0 saturated heterocycles. The van der Waals surface area contributed by atoms with Crippen molar-refractivity contribution in [1.29, 1.82) is 0 Å². The van der Waals surface area contributed by atoms with E-state index in [1.165, 1.54) is 12.1 Å². The number of carbonyl (C=O) groups is 1. The number of hydrogen-bond donors (Lipinski definition) is 1. The van der Waals surface area contributed by atoms with Gasteiger partial charge in [0.15, 0.2) is 0 Å². The molecule has 0 fully saturated rings. The summed E-state index contributed by atoms with van der Waals surface area (Å²) in [5, 5.41) is 8.85. The third-order valence-electron chi connectivity index (χ3n) is 3.58. The maximum atomic E-state index is 12.5. The fraction of sp³-hybridized carbons (Fsp3) is 0.278. The largest absolute Gasteiger partial charge is 0.492 e. The lowest BCUT2D eigenvalue weighted by molar-refractivity contribution is -0.137. The standard InChI is InChI=1S/C18H18F3NO3/c1-22(12-13-2-4-14(5-3-13)17(23)24)10-11-25-16-8-6-15(7-9-16)18(19,20)21/h2-9H,10-12H2,1H3,(H,23,24). The zero-order chi connectivity index (χ0) is 18.4. The fourth-order valence-electron chi connectivity index (χ4n) is 2.20. The summed E-state index contributed by atoms with van der Waals surface area (Å²) in [6.45, 7) is 1.51. The van der Waals surface area contributed by atoms with Crippen molar-refractivity contribution in [2.24, 2.45) is 0 Å². The molecule has 1 N–H and O–H groups in total. The number of benzene rings is 2.